The van der Waals surface area contributed by atoms with Gasteiger partial charge in [-0.3, -0.25) is 14.4 Å². The van der Waals surface area contributed by atoms with Crippen LogP contribution in [0.1, 0.15) is 59.8 Å². The van der Waals surface area contributed by atoms with E-state index in [4.69, 9.17) is 9.47 Å². The highest BCUT2D eigenvalue weighted by Gasteiger charge is 2.21. The van der Waals surface area contributed by atoms with Crippen molar-refractivity contribution in [3.05, 3.63) is 23.8 Å². The van der Waals surface area contributed by atoms with Crippen molar-refractivity contribution in [2.75, 3.05) is 6.61 Å². The monoisotopic (exact) mass is 443 g/mol. The maximum atomic E-state index is 12.2. The second-order valence-electron chi connectivity index (χ2n) is 7.45. The summed E-state index contributed by atoms with van der Waals surface area (Å²) in [5, 5.41) is 2.85. The van der Waals surface area contributed by atoms with Gasteiger partial charge in [-0.2, -0.15) is 0 Å². The number of alkyl halides is 1. The van der Waals surface area contributed by atoms with Gasteiger partial charge in [0, 0.05) is 17.3 Å². The lowest BCUT2D eigenvalue weighted by atomic mass is 9.98. The van der Waals surface area contributed by atoms with Gasteiger partial charge in [-0.15, -0.1) is 0 Å². The molecule has 0 aliphatic heterocycles. The summed E-state index contributed by atoms with van der Waals surface area (Å²) in [6.07, 6.45) is 7.64. The fourth-order valence-corrected chi connectivity index (χ4v) is 2.92. The molecule has 1 unspecified atom stereocenters. The van der Waals surface area contributed by atoms with Crippen LogP contribution in [-0.4, -0.2) is 40.9 Å². The standard InChI is InChI=1S/C20H30BrNO5/c1-5-26-19(25)13-16(12-14-6-8-15(21)9-7-14)22-17(23)10-11-18(24)27-20(2,3)4/h6-8,15-16H,5,9-13H2,1-4H3,(H,22,23)/t15?,16-/m1/s1. The summed E-state index contributed by atoms with van der Waals surface area (Å²) in [5.41, 5.74) is 0.486. The molecule has 152 valence electrons. The smallest absolute Gasteiger partial charge is 0.307 e. The largest absolute Gasteiger partial charge is 0.466 e. The van der Waals surface area contributed by atoms with Gasteiger partial charge in [0.1, 0.15) is 5.60 Å². The van der Waals surface area contributed by atoms with Crippen molar-refractivity contribution in [1.29, 1.82) is 0 Å². The number of amides is 1. The molecule has 7 heteroatoms. The zero-order valence-electron chi connectivity index (χ0n) is 16.5. The molecule has 0 fully saturated rings. The minimum Gasteiger partial charge on any atom is -0.466 e. The molecular weight excluding hydrogens is 414 g/mol. The van der Waals surface area contributed by atoms with Crippen LogP contribution in [0.25, 0.3) is 0 Å². The van der Waals surface area contributed by atoms with Gasteiger partial charge in [-0.1, -0.05) is 39.7 Å². The number of hydrogen-bond donors (Lipinski definition) is 1. The second kappa shape index (κ2) is 11.3. The Kier molecular flexibility index (Phi) is 9.77. The van der Waals surface area contributed by atoms with Gasteiger partial charge in [-0.25, -0.2) is 0 Å². The van der Waals surface area contributed by atoms with E-state index in [0.717, 1.165) is 12.0 Å². The molecule has 0 spiro atoms. The Morgan fingerprint density at radius 1 is 1.26 bits per heavy atom. The Morgan fingerprint density at radius 2 is 1.96 bits per heavy atom. The normalized spacial score (nSPS) is 17.7. The lowest BCUT2D eigenvalue weighted by molar-refractivity contribution is -0.156. The maximum Gasteiger partial charge on any atom is 0.307 e. The van der Waals surface area contributed by atoms with Crippen LogP contribution in [0.3, 0.4) is 0 Å². The van der Waals surface area contributed by atoms with E-state index in [9.17, 15) is 14.4 Å². The number of rotatable bonds is 9. The molecule has 27 heavy (non-hydrogen) atoms. The Morgan fingerprint density at radius 3 is 2.52 bits per heavy atom. The molecule has 0 aromatic carbocycles. The first-order chi connectivity index (χ1) is 12.6. The van der Waals surface area contributed by atoms with Crippen LogP contribution >= 0.6 is 15.9 Å². The zero-order valence-corrected chi connectivity index (χ0v) is 18.1. The molecule has 0 saturated carbocycles. The number of hydrogen-bond acceptors (Lipinski definition) is 5. The molecular formula is C20H30BrNO5. The van der Waals surface area contributed by atoms with Crippen LogP contribution in [0, 0.1) is 0 Å². The fourth-order valence-electron chi connectivity index (χ4n) is 2.58. The van der Waals surface area contributed by atoms with E-state index in [0.29, 0.717) is 17.9 Å². The quantitative estimate of drug-likeness (QED) is 0.434. The van der Waals surface area contributed by atoms with E-state index in [1.54, 1.807) is 27.7 Å². The Balaban J connectivity index is 2.59. The van der Waals surface area contributed by atoms with Gasteiger partial charge in [0.25, 0.3) is 0 Å². The maximum absolute atomic E-state index is 12.2. The third-order valence-electron chi connectivity index (χ3n) is 3.67. The van der Waals surface area contributed by atoms with E-state index in [1.807, 2.05) is 12.2 Å². The van der Waals surface area contributed by atoms with Crippen LogP contribution in [0.15, 0.2) is 23.8 Å². The molecule has 0 heterocycles. The average Bonchev–Trinajstić information content (AvgIpc) is 2.53. The number of allylic oxidation sites excluding steroid dienone is 3. The van der Waals surface area contributed by atoms with Crippen LogP contribution in [0.4, 0.5) is 0 Å². The average molecular weight is 444 g/mol. The number of carbonyl (C=O) groups is 3. The molecule has 2 atom stereocenters. The van der Waals surface area contributed by atoms with Gasteiger partial charge >= 0.3 is 11.9 Å². The Labute approximate surface area is 169 Å². The van der Waals surface area contributed by atoms with E-state index in [2.05, 4.69) is 27.3 Å². The molecule has 1 rings (SSSR count). The third kappa shape index (κ3) is 11.0. The molecule has 6 nitrogen and oxygen atoms in total. The van der Waals surface area contributed by atoms with Gasteiger partial charge in [0.2, 0.25) is 5.91 Å². The SMILES string of the molecule is CCOC(=O)C[C@@H](CC1=CCC(Br)C=C1)NC(=O)CCC(=O)OC(C)(C)C. The van der Waals surface area contributed by atoms with Crippen molar-refractivity contribution in [3.63, 3.8) is 0 Å². The number of esters is 2. The highest BCUT2D eigenvalue weighted by molar-refractivity contribution is 9.09. The summed E-state index contributed by atoms with van der Waals surface area (Å²) in [5.74, 6) is -1.05. The van der Waals surface area contributed by atoms with Crippen LogP contribution in [-0.2, 0) is 23.9 Å². The predicted octanol–water partition coefficient (Wildman–Crippen LogP) is 3.59. The minimum absolute atomic E-state index is 0.00307. The van der Waals surface area contributed by atoms with Crippen molar-refractivity contribution < 1.29 is 23.9 Å². The fraction of sp³-hybridized carbons (Fsp3) is 0.650. The lowest BCUT2D eigenvalue weighted by Gasteiger charge is -2.21. The van der Waals surface area contributed by atoms with Crippen molar-refractivity contribution >= 4 is 33.8 Å². The van der Waals surface area contributed by atoms with E-state index in [-0.39, 0.29) is 37.2 Å². The van der Waals surface area contributed by atoms with E-state index >= 15 is 0 Å². The summed E-state index contributed by atoms with van der Waals surface area (Å²) in [6, 6.07) is -0.377. The van der Waals surface area contributed by atoms with E-state index in [1.165, 1.54) is 0 Å². The second-order valence-corrected chi connectivity index (χ2v) is 8.63. The first kappa shape index (κ1) is 23.4. The van der Waals surface area contributed by atoms with Gasteiger partial charge in [-0.05, 0) is 40.5 Å². The molecule has 1 amide bonds. The number of carbonyl (C=O) groups excluding carboxylic acids is 3. The Hall–Kier alpha value is -1.63. The molecule has 1 aliphatic carbocycles. The van der Waals surface area contributed by atoms with Crippen LogP contribution < -0.4 is 5.32 Å². The number of halogens is 1. The van der Waals surface area contributed by atoms with Gasteiger partial charge < -0.3 is 14.8 Å². The first-order valence-corrected chi connectivity index (χ1v) is 10.2. The van der Waals surface area contributed by atoms with Crippen molar-refractivity contribution in [1.82, 2.24) is 5.32 Å². The van der Waals surface area contributed by atoms with Gasteiger partial charge in [0.15, 0.2) is 0 Å². The molecule has 0 saturated heterocycles. The van der Waals surface area contributed by atoms with Crippen molar-refractivity contribution in [2.45, 2.75) is 76.3 Å². The lowest BCUT2D eigenvalue weighted by Crippen LogP contribution is -2.37. The third-order valence-corrected chi connectivity index (χ3v) is 4.35. The van der Waals surface area contributed by atoms with Crippen LogP contribution in [0.5, 0.6) is 0 Å². The van der Waals surface area contributed by atoms with Gasteiger partial charge in [0.05, 0.1) is 19.4 Å². The molecule has 1 N–H and O–H groups in total. The molecule has 1 aliphatic rings. The summed E-state index contributed by atoms with van der Waals surface area (Å²) in [4.78, 5) is 36.2. The minimum atomic E-state index is -0.576. The molecule has 0 radical (unpaired) electrons. The highest BCUT2D eigenvalue weighted by atomic mass is 79.9. The topological polar surface area (TPSA) is 81.7 Å². The Bertz CT molecular complexity index is 592. The zero-order chi connectivity index (χ0) is 20.4. The van der Waals surface area contributed by atoms with Crippen LogP contribution in [0.2, 0.25) is 0 Å². The summed E-state index contributed by atoms with van der Waals surface area (Å²) in [6.45, 7) is 7.39. The number of ether oxygens (including phenoxy) is 2. The molecule has 0 aromatic heterocycles. The molecule has 0 aromatic rings. The summed E-state index contributed by atoms with van der Waals surface area (Å²) >= 11 is 3.52. The number of nitrogens with one attached hydrogen (secondary N) is 1. The van der Waals surface area contributed by atoms with Crippen molar-refractivity contribution in [3.8, 4) is 0 Å². The molecule has 0 bridgehead atoms. The summed E-state index contributed by atoms with van der Waals surface area (Å²) < 4.78 is 10.2. The predicted molar refractivity (Wildman–Crippen MR) is 107 cm³/mol. The highest BCUT2D eigenvalue weighted by Crippen LogP contribution is 2.21. The summed E-state index contributed by atoms with van der Waals surface area (Å²) in [7, 11) is 0. The van der Waals surface area contributed by atoms with E-state index < -0.39 is 11.6 Å². The van der Waals surface area contributed by atoms with Crippen molar-refractivity contribution in [2.24, 2.45) is 0 Å². The first-order valence-electron chi connectivity index (χ1n) is 9.27.